The van der Waals surface area contributed by atoms with E-state index >= 15 is 0 Å². The number of rotatable bonds is 6. The second-order valence-electron chi connectivity index (χ2n) is 6.28. The van der Waals surface area contributed by atoms with Gasteiger partial charge in [0.2, 0.25) is 0 Å². The minimum Gasteiger partial charge on any atom is -0.481 e. The average molecular weight is 368 g/mol. The zero-order valence-electron chi connectivity index (χ0n) is 15.5. The van der Waals surface area contributed by atoms with Gasteiger partial charge in [0.15, 0.2) is 6.10 Å². The molecule has 0 N–H and O–H groups in total. The quantitative estimate of drug-likeness (QED) is 0.646. The molecule has 1 atom stereocenters. The molecule has 0 bridgehead atoms. The molecule has 1 unspecified atom stereocenters. The zero-order valence-corrected chi connectivity index (χ0v) is 15.5. The number of nitrogens with zero attached hydrogens (tertiary/aromatic N) is 2. The molecule has 140 valence electrons. The van der Waals surface area contributed by atoms with E-state index in [-0.39, 0.29) is 11.7 Å². The number of halogens is 1. The van der Waals surface area contributed by atoms with Gasteiger partial charge in [-0.1, -0.05) is 23.4 Å². The van der Waals surface area contributed by atoms with E-state index in [4.69, 9.17) is 9.26 Å². The fourth-order valence-electron chi connectivity index (χ4n) is 2.78. The number of carbonyl (C=O) groups is 1. The van der Waals surface area contributed by atoms with Crippen LogP contribution in [0.5, 0.6) is 5.75 Å². The molecular weight excluding hydrogens is 347 g/mol. The maximum absolute atomic E-state index is 13.1. The van der Waals surface area contributed by atoms with Gasteiger partial charge in [-0.25, -0.2) is 4.39 Å². The van der Waals surface area contributed by atoms with Crippen LogP contribution < -0.4 is 9.64 Å². The van der Waals surface area contributed by atoms with E-state index in [9.17, 15) is 9.18 Å². The molecule has 0 spiro atoms. The molecule has 0 aliphatic rings. The highest BCUT2D eigenvalue weighted by molar-refractivity contribution is 5.96. The van der Waals surface area contributed by atoms with Gasteiger partial charge in [0.05, 0.1) is 12.2 Å². The average Bonchev–Trinajstić information content (AvgIpc) is 2.99. The molecule has 27 heavy (non-hydrogen) atoms. The minimum absolute atomic E-state index is 0.217. The highest BCUT2D eigenvalue weighted by Crippen LogP contribution is 2.23. The van der Waals surface area contributed by atoms with Crippen LogP contribution in [0.4, 0.5) is 10.1 Å². The Balaban J connectivity index is 1.85. The Morgan fingerprint density at radius 1 is 1.15 bits per heavy atom. The first-order chi connectivity index (χ1) is 13.0. The molecule has 0 saturated carbocycles. The molecule has 0 aliphatic heterocycles. The van der Waals surface area contributed by atoms with E-state index in [1.807, 2.05) is 44.2 Å². The maximum Gasteiger partial charge on any atom is 0.268 e. The number of anilines is 1. The van der Waals surface area contributed by atoms with Crippen LogP contribution in [0.15, 0.2) is 59.1 Å². The number of carbonyl (C=O) groups excluding carboxylic acids is 1. The van der Waals surface area contributed by atoms with Gasteiger partial charge in [0.25, 0.3) is 5.91 Å². The van der Waals surface area contributed by atoms with Crippen LogP contribution in [0.25, 0.3) is 0 Å². The molecule has 3 rings (SSSR count). The topological polar surface area (TPSA) is 55.6 Å². The number of para-hydroxylation sites is 1. The van der Waals surface area contributed by atoms with Crippen LogP contribution in [-0.4, -0.2) is 17.2 Å². The number of hydrogen-bond acceptors (Lipinski definition) is 4. The lowest BCUT2D eigenvalue weighted by Crippen LogP contribution is -2.40. The largest absolute Gasteiger partial charge is 0.481 e. The lowest BCUT2D eigenvalue weighted by molar-refractivity contribution is -0.124. The summed E-state index contributed by atoms with van der Waals surface area (Å²) in [6.07, 6.45) is -0.754. The Hall–Kier alpha value is -3.15. The molecule has 1 amide bonds. The van der Waals surface area contributed by atoms with Gasteiger partial charge in [-0.15, -0.1) is 0 Å². The minimum atomic E-state index is -0.754. The summed E-state index contributed by atoms with van der Waals surface area (Å²) in [6, 6.07) is 14.9. The number of benzene rings is 2. The van der Waals surface area contributed by atoms with Crippen LogP contribution in [0.3, 0.4) is 0 Å². The van der Waals surface area contributed by atoms with Crippen LogP contribution >= 0.6 is 0 Å². The first kappa shape index (κ1) is 18.6. The summed E-state index contributed by atoms with van der Waals surface area (Å²) < 4.78 is 24.0. The highest BCUT2D eigenvalue weighted by Gasteiger charge is 2.26. The summed E-state index contributed by atoms with van der Waals surface area (Å²) in [7, 11) is 0. The van der Waals surface area contributed by atoms with E-state index in [1.54, 1.807) is 11.8 Å². The standard InChI is InChI=1S/C21H21FN2O3/c1-14-20(15(2)27-23-14)13-24(18-7-5-4-6-8-18)21(25)16(3)26-19-11-9-17(22)10-12-19/h4-12,16H,13H2,1-3H3. The summed E-state index contributed by atoms with van der Waals surface area (Å²) in [4.78, 5) is 14.8. The maximum atomic E-state index is 13.1. The molecule has 6 heteroatoms. The Morgan fingerprint density at radius 2 is 1.81 bits per heavy atom. The van der Waals surface area contributed by atoms with Gasteiger partial charge < -0.3 is 14.2 Å². The first-order valence-corrected chi connectivity index (χ1v) is 8.66. The second kappa shape index (κ2) is 8.03. The predicted molar refractivity (Wildman–Crippen MR) is 100 cm³/mol. The smallest absolute Gasteiger partial charge is 0.268 e. The van der Waals surface area contributed by atoms with Crippen LogP contribution in [-0.2, 0) is 11.3 Å². The van der Waals surface area contributed by atoms with Crippen molar-refractivity contribution in [2.45, 2.75) is 33.4 Å². The molecule has 0 fully saturated rings. The van der Waals surface area contributed by atoms with Crippen LogP contribution in [0.2, 0.25) is 0 Å². The summed E-state index contributed by atoms with van der Waals surface area (Å²) in [5, 5.41) is 3.96. The van der Waals surface area contributed by atoms with Gasteiger partial charge in [-0.3, -0.25) is 4.79 Å². The van der Waals surface area contributed by atoms with Crippen molar-refractivity contribution in [1.82, 2.24) is 5.16 Å². The van der Waals surface area contributed by atoms with E-state index < -0.39 is 6.10 Å². The van der Waals surface area contributed by atoms with Gasteiger partial charge in [0.1, 0.15) is 17.3 Å². The molecule has 0 radical (unpaired) electrons. The highest BCUT2D eigenvalue weighted by atomic mass is 19.1. The van der Waals surface area contributed by atoms with E-state index in [0.717, 1.165) is 16.9 Å². The normalized spacial score (nSPS) is 11.9. The van der Waals surface area contributed by atoms with Crippen molar-refractivity contribution < 1.29 is 18.4 Å². The third-order valence-electron chi connectivity index (χ3n) is 4.31. The van der Waals surface area contributed by atoms with Crippen molar-refractivity contribution in [3.63, 3.8) is 0 Å². The van der Waals surface area contributed by atoms with Gasteiger partial charge in [-0.05, 0) is 57.2 Å². The zero-order chi connectivity index (χ0) is 19.4. The Kier molecular flexibility index (Phi) is 5.54. The van der Waals surface area contributed by atoms with Gasteiger partial charge in [0, 0.05) is 11.3 Å². The molecule has 0 saturated heterocycles. The fraction of sp³-hybridized carbons (Fsp3) is 0.238. The third kappa shape index (κ3) is 4.34. The number of aryl methyl sites for hydroxylation is 2. The van der Waals surface area contributed by atoms with E-state index in [1.165, 1.54) is 24.3 Å². The van der Waals surface area contributed by atoms with E-state index in [2.05, 4.69) is 5.16 Å². The van der Waals surface area contributed by atoms with Gasteiger partial charge >= 0.3 is 0 Å². The lowest BCUT2D eigenvalue weighted by Gasteiger charge is -2.26. The van der Waals surface area contributed by atoms with Crippen LogP contribution in [0.1, 0.15) is 23.9 Å². The Bertz CT molecular complexity index is 887. The summed E-state index contributed by atoms with van der Waals surface area (Å²) in [6.45, 7) is 5.66. The van der Waals surface area contributed by atoms with E-state index in [0.29, 0.717) is 18.1 Å². The lowest BCUT2D eigenvalue weighted by atomic mass is 10.1. The summed E-state index contributed by atoms with van der Waals surface area (Å²) >= 11 is 0. The van der Waals surface area contributed by atoms with Crippen molar-refractivity contribution in [2.24, 2.45) is 0 Å². The van der Waals surface area contributed by atoms with Crippen molar-refractivity contribution >= 4 is 11.6 Å². The number of ether oxygens (including phenoxy) is 1. The van der Waals surface area contributed by atoms with Crippen molar-refractivity contribution in [3.05, 3.63) is 77.4 Å². The molecule has 5 nitrogen and oxygen atoms in total. The molecule has 1 aromatic heterocycles. The molecule has 0 aliphatic carbocycles. The molecule has 3 aromatic rings. The number of aromatic nitrogens is 1. The molecule has 1 heterocycles. The number of amides is 1. The Morgan fingerprint density at radius 3 is 2.41 bits per heavy atom. The predicted octanol–water partition coefficient (Wildman–Crippen LogP) is 4.43. The Labute approximate surface area is 157 Å². The van der Waals surface area contributed by atoms with Crippen LogP contribution in [0, 0.1) is 19.7 Å². The van der Waals surface area contributed by atoms with Crippen molar-refractivity contribution in [2.75, 3.05) is 4.90 Å². The van der Waals surface area contributed by atoms with Crippen molar-refractivity contribution in [3.8, 4) is 5.75 Å². The second-order valence-corrected chi connectivity index (χ2v) is 6.28. The fourth-order valence-corrected chi connectivity index (χ4v) is 2.78. The first-order valence-electron chi connectivity index (χ1n) is 8.66. The molecule has 2 aromatic carbocycles. The third-order valence-corrected chi connectivity index (χ3v) is 4.31. The summed E-state index contributed by atoms with van der Waals surface area (Å²) in [5.41, 5.74) is 2.35. The summed E-state index contributed by atoms with van der Waals surface area (Å²) in [5.74, 6) is 0.534. The number of hydrogen-bond donors (Lipinski definition) is 0. The SMILES string of the molecule is Cc1noc(C)c1CN(C(=O)C(C)Oc1ccc(F)cc1)c1ccccc1. The van der Waals surface area contributed by atoms with Gasteiger partial charge in [-0.2, -0.15) is 0 Å². The van der Waals surface area contributed by atoms with Crippen molar-refractivity contribution in [1.29, 1.82) is 0 Å². The monoisotopic (exact) mass is 368 g/mol. The molecular formula is C21H21FN2O3.